The van der Waals surface area contributed by atoms with Crippen LogP contribution in [0.3, 0.4) is 0 Å². The lowest BCUT2D eigenvalue weighted by Gasteiger charge is -2.29. The van der Waals surface area contributed by atoms with Crippen LogP contribution in [0.25, 0.3) is 0 Å². The van der Waals surface area contributed by atoms with E-state index in [4.69, 9.17) is 16.7 Å². The van der Waals surface area contributed by atoms with Crippen molar-refractivity contribution in [3.05, 3.63) is 0 Å². The Hall–Kier alpha value is -0.0100. The molecule has 1 fully saturated rings. The van der Waals surface area contributed by atoms with E-state index in [1.807, 2.05) is 0 Å². The number of aliphatic carboxylic acids is 1. The Balaban J connectivity index is 2.94. The van der Waals surface area contributed by atoms with Crippen molar-refractivity contribution in [3.63, 3.8) is 0 Å². The average molecular weight is 340 g/mol. The molecule has 0 aliphatic heterocycles. The van der Waals surface area contributed by atoms with Gasteiger partial charge in [0.25, 0.3) is 0 Å². The summed E-state index contributed by atoms with van der Waals surface area (Å²) in [6.07, 6.45) is -6.91. The fourth-order valence-electron chi connectivity index (χ4n) is 2.13. The van der Waals surface area contributed by atoms with Gasteiger partial charge in [-0.05, 0) is 5.41 Å². The van der Waals surface area contributed by atoms with Gasteiger partial charge >= 0.3 is 12.1 Å². The lowest BCUT2D eigenvalue weighted by atomic mass is 10.0. The van der Waals surface area contributed by atoms with E-state index in [1.54, 1.807) is 0 Å². The summed E-state index contributed by atoms with van der Waals surface area (Å²) in [4.78, 5) is 10.8. The van der Waals surface area contributed by atoms with Gasteiger partial charge in [-0.15, -0.1) is 0 Å². The van der Waals surface area contributed by atoms with E-state index in [-0.39, 0.29) is 0 Å². The van der Waals surface area contributed by atoms with Gasteiger partial charge in [0.2, 0.25) is 3.78 Å². The summed E-state index contributed by atoms with van der Waals surface area (Å²) in [5, 5.41) is 18.5. The van der Waals surface area contributed by atoms with Crippen molar-refractivity contribution < 1.29 is 28.2 Å². The van der Waals surface area contributed by atoms with Crippen molar-refractivity contribution in [2.24, 2.45) is 17.3 Å². The third-order valence-electron chi connectivity index (χ3n) is 3.27. The number of aliphatic hydroxyl groups excluding tert-OH is 1. The summed E-state index contributed by atoms with van der Waals surface area (Å²) in [6, 6.07) is 0. The highest BCUT2D eigenvalue weighted by Gasteiger charge is 2.71. The molecule has 3 nitrogen and oxygen atoms in total. The van der Waals surface area contributed by atoms with Gasteiger partial charge in [-0.25, -0.2) is 0 Å². The highest BCUT2D eigenvalue weighted by Crippen LogP contribution is 2.64. The van der Waals surface area contributed by atoms with Crippen LogP contribution in [0.2, 0.25) is 0 Å². The molecule has 1 aliphatic rings. The molecule has 100 valence electrons. The summed E-state index contributed by atoms with van der Waals surface area (Å²) >= 11 is 7.48. The molecule has 0 spiro atoms. The fraction of sp³-hybridized carbons (Fsp3) is 0.889. The van der Waals surface area contributed by atoms with Crippen LogP contribution in [-0.4, -0.2) is 32.2 Å². The van der Waals surface area contributed by atoms with Crippen molar-refractivity contribution in [1.82, 2.24) is 0 Å². The first-order valence-corrected chi connectivity index (χ1v) is 5.87. The molecular weight excluding hydrogens is 328 g/mol. The van der Waals surface area contributed by atoms with Crippen LogP contribution >= 0.6 is 27.5 Å². The van der Waals surface area contributed by atoms with Crippen LogP contribution in [0.15, 0.2) is 0 Å². The molecule has 4 unspecified atom stereocenters. The zero-order valence-electron chi connectivity index (χ0n) is 8.92. The van der Waals surface area contributed by atoms with E-state index in [9.17, 15) is 23.1 Å². The van der Waals surface area contributed by atoms with E-state index in [0.29, 0.717) is 0 Å². The molecule has 1 rings (SSSR count). The number of alkyl halides is 5. The number of carboxylic acids is 1. The summed E-state index contributed by atoms with van der Waals surface area (Å²) in [6.45, 7) is 2.96. The SMILES string of the molecule is CC1(C)C(C(=O)O)C1C(O)C(Cl)(Br)C(F)(F)F. The van der Waals surface area contributed by atoms with Gasteiger partial charge in [0.1, 0.15) is 0 Å². The molecule has 0 amide bonds. The van der Waals surface area contributed by atoms with Gasteiger partial charge in [-0.2, -0.15) is 13.2 Å². The minimum atomic E-state index is -4.88. The van der Waals surface area contributed by atoms with Crippen molar-refractivity contribution in [2.75, 3.05) is 0 Å². The van der Waals surface area contributed by atoms with Gasteiger partial charge in [-0.3, -0.25) is 4.79 Å². The van der Waals surface area contributed by atoms with Gasteiger partial charge in [0.05, 0.1) is 12.0 Å². The molecular formula is C9H11BrClF3O3. The van der Waals surface area contributed by atoms with Crippen LogP contribution in [0.1, 0.15) is 13.8 Å². The molecule has 0 bridgehead atoms. The van der Waals surface area contributed by atoms with Crippen LogP contribution in [0, 0.1) is 17.3 Å². The van der Waals surface area contributed by atoms with Crippen LogP contribution in [0.5, 0.6) is 0 Å². The second kappa shape index (κ2) is 3.99. The Morgan fingerprint density at radius 2 is 1.88 bits per heavy atom. The van der Waals surface area contributed by atoms with Crippen molar-refractivity contribution in [2.45, 2.75) is 29.9 Å². The Bertz CT molecular complexity index is 343. The van der Waals surface area contributed by atoms with Crippen LogP contribution < -0.4 is 0 Å². The zero-order chi connectivity index (χ0) is 13.8. The fourth-order valence-corrected chi connectivity index (χ4v) is 2.55. The third kappa shape index (κ3) is 2.29. The summed E-state index contributed by atoms with van der Waals surface area (Å²) in [5.41, 5.74) is -0.912. The number of carbonyl (C=O) groups is 1. The quantitative estimate of drug-likeness (QED) is 0.777. The molecule has 0 saturated heterocycles. The lowest BCUT2D eigenvalue weighted by molar-refractivity contribution is -0.161. The second-order valence-electron chi connectivity index (χ2n) is 4.73. The highest BCUT2D eigenvalue weighted by atomic mass is 79.9. The van der Waals surface area contributed by atoms with Crippen molar-refractivity contribution in [1.29, 1.82) is 0 Å². The third-order valence-corrected chi connectivity index (χ3v) is 4.62. The Kier molecular flexibility index (Phi) is 3.54. The number of hydrogen-bond donors (Lipinski definition) is 2. The average Bonchev–Trinajstić information content (AvgIpc) is 2.65. The van der Waals surface area contributed by atoms with Gasteiger partial charge in [0.15, 0.2) is 0 Å². The summed E-state index contributed by atoms with van der Waals surface area (Å²) in [5.74, 6) is -3.31. The van der Waals surface area contributed by atoms with E-state index < -0.39 is 39.3 Å². The Labute approximate surface area is 109 Å². The molecule has 0 aromatic heterocycles. The summed E-state index contributed by atoms with van der Waals surface area (Å²) < 4.78 is 34.7. The number of rotatable bonds is 3. The van der Waals surface area contributed by atoms with E-state index in [1.165, 1.54) is 13.8 Å². The maximum absolute atomic E-state index is 12.6. The first kappa shape index (κ1) is 15.0. The minimum absolute atomic E-state index is 0.912. The van der Waals surface area contributed by atoms with Gasteiger partial charge in [0, 0.05) is 5.92 Å². The molecule has 0 aromatic rings. The van der Waals surface area contributed by atoms with Crippen molar-refractivity contribution in [3.8, 4) is 0 Å². The topological polar surface area (TPSA) is 57.5 Å². The van der Waals surface area contributed by atoms with Gasteiger partial charge < -0.3 is 10.2 Å². The zero-order valence-corrected chi connectivity index (χ0v) is 11.3. The predicted molar refractivity (Wildman–Crippen MR) is 58.0 cm³/mol. The molecule has 1 aliphatic carbocycles. The maximum Gasteiger partial charge on any atom is 0.420 e. The summed E-state index contributed by atoms with van der Waals surface area (Å²) in [7, 11) is 0. The first-order valence-electron chi connectivity index (χ1n) is 4.70. The molecule has 0 heterocycles. The molecule has 0 radical (unpaired) electrons. The van der Waals surface area contributed by atoms with Gasteiger partial charge in [-0.1, -0.05) is 41.4 Å². The lowest BCUT2D eigenvalue weighted by Crippen LogP contribution is -2.46. The number of carboxylic acid groups (broad SMARTS) is 1. The molecule has 17 heavy (non-hydrogen) atoms. The van der Waals surface area contributed by atoms with Crippen LogP contribution in [-0.2, 0) is 4.79 Å². The van der Waals surface area contributed by atoms with E-state index in [0.717, 1.165) is 0 Å². The smallest absolute Gasteiger partial charge is 0.420 e. The molecule has 1 saturated carbocycles. The predicted octanol–water partition coefficient (Wildman–Crippen LogP) is 2.60. The molecule has 4 atom stereocenters. The molecule has 2 N–H and O–H groups in total. The second-order valence-corrected chi connectivity index (χ2v) is 7.03. The van der Waals surface area contributed by atoms with E-state index in [2.05, 4.69) is 15.9 Å². The van der Waals surface area contributed by atoms with Crippen molar-refractivity contribution >= 4 is 33.5 Å². The van der Waals surface area contributed by atoms with Crippen LogP contribution in [0.4, 0.5) is 13.2 Å². The molecule has 8 heteroatoms. The monoisotopic (exact) mass is 338 g/mol. The number of hydrogen-bond acceptors (Lipinski definition) is 2. The standard InChI is InChI=1S/C9H11BrClF3O3/c1-7(2)3(4(7)6(16)17)5(15)8(10,11)9(12,13)14/h3-5,15H,1-2H3,(H,16,17). The normalized spacial score (nSPS) is 32.7. The Morgan fingerprint density at radius 1 is 1.47 bits per heavy atom. The maximum atomic E-state index is 12.6. The minimum Gasteiger partial charge on any atom is -0.481 e. The molecule has 0 aromatic carbocycles. The number of aliphatic hydroxyl groups is 1. The Morgan fingerprint density at radius 3 is 2.12 bits per heavy atom. The number of halogens is 5. The largest absolute Gasteiger partial charge is 0.481 e. The first-order chi connectivity index (χ1) is 7.35. The highest BCUT2D eigenvalue weighted by molar-refractivity contribution is 9.10. The van der Waals surface area contributed by atoms with E-state index >= 15 is 0 Å².